The number of rotatable bonds is 12. The van der Waals surface area contributed by atoms with Gasteiger partial charge in [0.15, 0.2) is 0 Å². The Morgan fingerprint density at radius 1 is 0.842 bits per heavy atom. The van der Waals surface area contributed by atoms with Gasteiger partial charge in [0.1, 0.15) is 0 Å². The van der Waals surface area contributed by atoms with E-state index in [1.807, 2.05) is 27.7 Å². The van der Waals surface area contributed by atoms with Crippen LogP contribution >= 0.6 is 0 Å². The van der Waals surface area contributed by atoms with E-state index in [1.165, 1.54) is 19.3 Å². The fraction of sp³-hybridized carbons (Fsp3) is 0.929. The second-order valence-corrected chi connectivity index (χ2v) is 7.09. The first kappa shape index (κ1) is 18.8. The van der Waals surface area contributed by atoms with Gasteiger partial charge in [-0.15, -0.1) is 0 Å². The highest BCUT2D eigenvalue weighted by Gasteiger charge is 2.44. The van der Waals surface area contributed by atoms with Crippen LogP contribution in [0.1, 0.15) is 60.3 Å². The van der Waals surface area contributed by atoms with E-state index in [0.717, 1.165) is 18.3 Å². The lowest BCUT2D eigenvalue weighted by molar-refractivity contribution is 0.0896. The van der Waals surface area contributed by atoms with Crippen LogP contribution < -0.4 is 0 Å². The molecule has 0 aliphatic carbocycles. The second-order valence-electron chi connectivity index (χ2n) is 4.38. The maximum atomic E-state index is 5.81. The summed E-state index contributed by atoms with van der Waals surface area (Å²) in [5, 5.41) is 0.912. The molecule has 0 unspecified atom stereocenters. The highest BCUT2D eigenvalue weighted by atomic mass is 28.4. The van der Waals surface area contributed by atoms with Crippen LogP contribution in [0.5, 0.6) is 0 Å². The van der Waals surface area contributed by atoms with Crippen molar-refractivity contribution in [3.05, 3.63) is 0 Å². The quantitative estimate of drug-likeness (QED) is 0.313. The van der Waals surface area contributed by atoms with Gasteiger partial charge in [-0.1, -0.05) is 26.2 Å². The summed E-state index contributed by atoms with van der Waals surface area (Å²) in [5.74, 6) is 0. The average molecular weight is 289 g/mol. The first-order chi connectivity index (χ1) is 9.16. The molecular formula is C14H31NO3Si. The largest absolute Gasteiger partial charge is 0.551 e. The molecule has 5 heteroatoms. The Balaban J connectivity index is 4.57. The van der Waals surface area contributed by atoms with Gasteiger partial charge >= 0.3 is 8.80 Å². The van der Waals surface area contributed by atoms with E-state index >= 15 is 0 Å². The van der Waals surface area contributed by atoms with Crippen molar-refractivity contribution in [1.82, 2.24) is 0 Å². The summed E-state index contributed by atoms with van der Waals surface area (Å²) in [7, 11) is -2.72. The van der Waals surface area contributed by atoms with Gasteiger partial charge in [-0.25, -0.2) is 0 Å². The zero-order valence-corrected chi connectivity index (χ0v) is 14.3. The molecule has 0 N–H and O–H groups in total. The van der Waals surface area contributed by atoms with E-state index in [4.69, 9.17) is 13.3 Å². The molecule has 0 heterocycles. The van der Waals surface area contributed by atoms with E-state index < -0.39 is 8.80 Å². The van der Waals surface area contributed by atoms with Crippen molar-refractivity contribution < 1.29 is 13.3 Å². The lowest BCUT2D eigenvalue weighted by Crippen LogP contribution is -2.53. The van der Waals surface area contributed by atoms with Crippen LogP contribution in [0.4, 0.5) is 0 Å². The summed E-state index contributed by atoms with van der Waals surface area (Å²) in [6.07, 6.45) is 4.89. The van der Waals surface area contributed by atoms with Crippen molar-refractivity contribution in [1.29, 1.82) is 0 Å². The third-order valence-corrected chi connectivity index (χ3v) is 5.86. The van der Waals surface area contributed by atoms with Crippen LogP contribution in [0.15, 0.2) is 4.99 Å². The van der Waals surface area contributed by atoms with Crippen molar-refractivity contribution in [2.75, 3.05) is 26.4 Å². The number of hydrogen-bond acceptors (Lipinski definition) is 4. The zero-order chi connectivity index (χ0) is 14.6. The number of nitrogens with zero attached hydrogens (tertiary/aromatic N) is 1. The molecule has 0 aromatic rings. The predicted molar refractivity (Wildman–Crippen MR) is 82.8 cm³/mol. The predicted octanol–water partition coefficient (Wildman–Crippen LogP) is 3.62. The molecule has 0 rings (SSSR count). The van der Waals surface area contributed by atoms with Crippen LogP contribution in [0.3, 0.4) is 0 Å². The molecule has 4 nitrogen and oxygen atoms in total. The van der Waals surface area contributed by atoms with Gasteiger partial charge in [0.25, 0.3) is 0 Å². The van der Waals surface area contributed by atoms with Gasteiger partial charge < -0.3 is 13.3 Å². The molecule has 0 fully saturated rings. The van der Waals surface area contributed by atoms with Crippen LogP contribution in [-0.4, -0.2) is 40.5 Å². The van der Waals surface area contributed by atoms with Crippen LogP contribution in [0.25, 0.3) is 0 Å². The molecular weight excluding hydrogens is 258 g/mol. The van der Waals surface area contributed by atoms with Crippen molar-refractivity contribution in [2.24, 2.45) is 4.99 Å². The van der Waals surface area contributed by atoms with E-state index in [1.54, 1.807) is 0 Å². The minimum atomic E-state index is -2.72. The molecule has 0 atom stereocenters. The van der Waals surface area contributed by atoms with Crippen molar-refractivity contribution >= 4 is 14.1 Å². The maximum absolute atomic E-state index is 5.81. The minimum absolute atomic E-state index is 0.592. The third-order valence-electron chi connectivity index (χ3n) is 2.81. The Labute approximate surface area is 119 Å². The molecule has 0 aliphatic heterocycles. The highest BCUT2D eigenvalue weighted by molar-refractivity contribution is 6.93. The summed E-state index contributed by atoms with van der Waals surface area (Å²) in [6.45, 7) is 12.7. The Morgan fingerprint density at radius 3 is 1.79 bits per heavy atom. The van der Waals surface area contributed by atoms with E-state index in [9.17, 15) is 0 Å². The average Bonchev–Trinajstić information content (AvgIpc) is 2.39. The van der Waals surface area contributed by atoms with E-state index in [2.05, 4.69) is 11.9 Å². The third kappa shape index (κ3) is 7.20. The molecule has 0 aromatic heterocycles. The second kappa shape index (κ2) is 11.6. The molecule has 0 aromatic carbocycles. The highest BCUT2D eigenvalue weighted by Crippen LogP contribution is 2.13. The Morgan fingerprint density at radius 2 is 1.37 bits per heavy atom. The molecule has 0 saturated carbocycles. The van der Waals surface area contributed by atoms with E-state index in [0.29, 0.717) is 19.8 Å². The van der Waals surface area contributed by atoms with Crippen molar-refractivity contribution in [2.45, 2.75) is 60.3 Å². The first-order valence-electron chi connectivity index (χ1n) is 7.60. The van der Waals surface area contributed by atoms with Crippen LogP contribution in [0.2, 0.25) is 0 Å². The zero-order valence-electron chi connectivity index (χ0n) is 13.3. The molecule has 0 bridgehead atoms. The summed E-state index contributed by atoms with van der Waals surface area (Å²) >= 11 is 0. The molecule has 0 aliphatic rings. The summed E-state index contributed by atoms with van der Waals surface area (Å²) < 4.78 is 17.4. The standard InChI is InChI=1S/C14H31NO3Si/c1-6-10-11-12-13-15-14(5)19(16-7-2,17-8-3)18-9-4/h6-13H2,1-5H3/b15-14+. The Hall–Kier alpha value is -0.233. The molecule has 0 saturated heterocycles. The maximum Gasteiger partial charge on any atom is 0.551 e. The summed E-state index contributed by atoms with van der Waals surface area (Å²) in [6, 6.07) is 0. The smallest absolute Gasteiger partial charge is 0.370 e. The number of aliphatic imine (C=N–C) groups is 1. The monoisotopic (exact) mass is 289 g/mol. The van der Waals surface area contributed by atoms with Crippen LogP contribution in [0, 0.1) is 0 Å². The summed E-state index contributed by atoms with van der Waals surface area (Å²) in [4.78, 5) is 4.63. The molecule has 0 radical (unpaired) electrons. The van der Waals surface area contributed by atoms with Gasteiger partial charge in [-0.3, -0.25) is 4.99 Å². The normalized spacial score (nSPS) is 13.0. The van der Waals surface area contributed by atoms with Gasteiger partial charge in [0, 0.05) is 26.4 Å². The van der Waals surface area contributed by atoms with E-state index in [-0.39, 0.29) is 0 Å². The Kier molecular flexibility index (Phi) is 11.4. The first-order valence-corrected chi connectivity index (χ1v) is 9.32. The SMILES string of the molecule is CCCCCC/N=C(\C)[Si](OCC)(OCC)OCC. The molecule has 19 heavy (non-hydrogen) atoms. The molecule has 0 amide bonds. The summed E-state index contributed by atoms with van der Waals surface area (Å²) in [5.41, 5.74) is 0. The van der Waals surface area contributed by atoms with Gasteiger partial charge in [-0.05, 0) is 34.1 Å². The van der Waals surface area contributed by atoms with Gasteiger partial charge in [-0.2, -0.15) is 0 Å². The molecule has 114 valence electrons. The van der Waals surface area contributed by atoms with Crippen molar-refractivity contribution in [3.63, 3.8) is 0 Å². The van der Waals surface area contributed by atoms with Gasteiger partial charge in [0.05, 0.1) is 5.33 Å². The van der Waals surface area contributed by atoms with Crippen LogP contribution in [-0.2, 0) is 13.3 Å². The lowest BCUT2D eigenvalue weighted by atomic mass is 10.2. The Bertz CT molecular complexity index is 230. The fourth-order valence-corrected chi connectivity index (χ4v) is 4.21. The fourth-order valence-electron chi connectivity index (χ4n) is 1.89. The van der Waals surface area contributed by atoms with Gasteiger partial charge in [0.2, 0.25) is 0 Å². The minimum Gasteiger partial charge on any atom is -0.370 e. The topological polar surface area (TPSA) is 40.0 Å². The lowest BCUT2D eigenvalue weighted by Gasteiger charge is -2.28. The number of unbranched alkanes of at least 4 members (excludes halogenated alkanes) is 3. The number of hydrogen-bond donors (Lipinski definition) is 0. The van der Waals surface area contributed by atoms with Crippen molar-refractivity contribution in [3.8, 4) is 0 Å². The molecule has 0 spiro atoms.